The molecule has 78 valence electrons. The van der Waals surface area contributed by atoms with Crippen LogP contribution in [0.15, 0.2) is 0 Å². The molecule has 0 saturated heterocycles. The first-order valence-corrected chi connectivity index (χ1v) is 5.60. The SMILES string of the molecule is CCC(CC)(CN)OCC1CCC1. The molecule has 1 rings (SSSR count). The van der Waals surface area contributed by atoms with Crippen LogP contribution in [0.1, 0.15) is 46.0 Å². The molecule has 0 heterocycles. The summed E-state index contributed by atoms with van der Waals surface area (Å²) in [5.74, 6) is 0.823. The topological polar surface area (TPSA) is 35.2 Å². The molecule has 0 aromatic carbocycles. The molecule has 0 spiro atoms. The fraction of sp³-hybridized carbons (Fsp3) is 1.00. The Balaban J connectivity index is 2.27. The van der Waals surface area contributed by atoms with Crippen molar-refractivity contribution in [2.45, 2.75) is 51.6 Å². The third-order valence-corrected chi connectivity index (χ3v) is 3.51. The second-order valence-electron chi connectivity index (χ2n) is 4.20. The minimum atomic E-state index is -0.0322. The molecule has 0 unspecified atom stereocenters. The van der Waals surface area contributed by atoms with Gasteiger partial charge < -0.3 is 10.5 Å². The fourth-order valence-electron chi connectivity index (χ4n) is 1.76. The molecule has 1 fully saturated rings. The second kappa shape index (κ2) is 4.97. The lowest BCUT2D eigenvalue weighted by atomic mass is 9.86. The van der Waals surface area contributed by atoms with E-state index in [-0.39, 0.29) is 5.60 Å². The predicted octanol–water partition coefficient (Wildman–Crippen LogP) is 2.32. The Hall–Kier alpha value is -0.0800. The number of hydrogen-bond donors (Lipinski definition) is 1. The summed E-state index contributed by atoms with van der Waals surface area (Å²) in [4.78, 5) is 0. The maximum absolute atomic E-state index is 5.96. The standard InChI is InChI=1S/C11H23NO/c1-3-11(4-2,9-12)13-8-10-6-5-7-10/h10H,3-9,12H2,1-2H3. The molecule has 0 atom stereocenters. The van der Waals surface area contributed by atoms with Gasteiger partial charge in [-0.15, -0.1) is 0 Å². The van der Waals surface area contributed by atoms with Crippen LogP contribution in [-0.4, -0.2) is 18.8 Å². The first-order valence-electron chi connectivity index (χ1n) is 5.60. The van der Waals surface area contributed by atoms with Crippen molar-refractivity contribution in [1.29, 1.82) is 0 Å². The van der Waals surface area contributed by atoms with Crippen LogP contribution in [0, 0.1) is 5.92 Å². The van der Waals surface area contributed by atoms with Crippen LogP contribution in [0.4, 0.5) is 0 Å². The van der Waals surface area contributed by atoms with E-state index >= 15 is 0 Å². The van der Waals surface area contributed by atoms with Crippen molar-refractivity contribution in [1.82, 2.24) is 0 Å². The van der Waals surface area contributed by atoms with E-state index in [1.807, 2.05) is 0 Å². The van der Waals surface area contributed by atoms with Gasteiger partial charge in [0.15, 0.2) is 0 Å². The highest BCUT2D eigenvalue weighted by atomic mass is 16.5. The van der Waals surface area contributed by atoms with Crippen LogP contribution in [0.2, 0.25) is 0 Å². The highest BCUT2D eigenvalue weighted by Gasteiger charge is 2.27. The first kappa shape index (κ1) is 11.0. The van der Waals surface area contributed by atoms with E-state index in [0.717, 1.165) is 25.4 Å². The summed E-state index contributed by atoms with van der Waals surface area (Å²) in [6.45, 7) is 5.92. The van der Waals surface area contributed by atoms with E-state index in [4.69, 9.17) is 10.5 Å². The van der Waals surface area contributed by atoms with Gasteiger partial charge in [-0.2, -0.15) is 0 Å². The Kier molecular flexibility index (Phi) is 4.20. The van der Waals surface area contributed by atoms with Crippen LogP contribution < -0.4 is 5.73 Å². The van der Waals surface area contributed by atoms with Gasteiger partial charge >= 0.3 is 0 Å². The molecule has 2 heteroatoms. The van der Waals surface area contributed by atoms with Crippen LogP contribution in [-0.2, 0) is 4.74 Å². The first-order chi connectivity index (χ1) is 6.26. The molecule has 0 aliphatic heterocycles. The van der Waals surface area contributed by atoms with Crippen molar-refractivity contribution in [2.75, 3.05) is 13.2 Å². The molecule has 0 aromatic rings. The van der Waals surface area contributed by atoms with E-state index in [9.17, 15) is 0 Å². The Bertz CT molecular complexity index is 131. The van der Waals surface area contributed by atoms with E-state index in [0.29, 0.717) is 6.54 Å². The van der Waals surface area contributed by atoms with Gasteiger partial charge in [0.25, 0.3) is 0 Å². The van der Waals surface area contributed by atoms with E-state index < -0.39 is 0 Å². The third kappa shape index (κ3) is 2.68. The number of rotatable bonds is 6. The molecule has 1 saturated carbocycles. The third-order valence-electron chi connectivity index (χ3n) is 3.51. The number of ether oxygens (including phenoxy) is 1. The van der Waals surface area contributed by atoms with E-state index in [1.165, 1.54) is 19.3 Å². The maximum atomic E-state index is 5.96. The Morgan fingerprint density at radius 1 is 1.31 bits per heavy atom. The van der Waals surface area contributed by atoms with Gasteiger partial charge in [-0.05, 0) is 31.6 Å². The molecule has 0 radical (unpaired) electrons. The van der Waals surface area contributed by atoms with Gasteiger partial charge in [0.05, 0.1) is 12.2 Å². The van der Waals surface area contributed by atoms with Gasteiger partial charge in [-0.25, -0.2) is 0 Å². The van der Waals surface area contributed by atoms with Crippen LogP contribution >= 0.6 is 0 Å². The number of nitrogens with two attached hydrogens (primary N) is 1. The second-order valence-corrected chi connectivity index (χ2v) is 4.20. The summed E-state index contributed by atoms with van der Waals surface area (Å²) in [7, 11) is 0. The summed E-state index contributed by atoms with van der Waals surface area (Å²) in [5.41, 5.74) is 5.72. The predicted molar refractivity (Wildman–Crippen MR) is 55.7 cm³/mol. The number of hydrogen-bond acceptors (Lipinski definition) is 2. The summed E-state index contributed by atoms with van der Waals surface area (Å²) in [6, 6.07) is 0. The smallest absolute Gasteiger partial charge is 0.0799 e. The highest BCUT2D eigenvalue weighted by molar-refractivity contribution is 4.80. The van der Waals surface area contributed by atoms with E-state index in [1.54, 1.807) is 0 Å². The zero-order valence-electron chi connectivity index (χ0n) is 9.01. The normalized spacial score (nSPS) is 18.7. The molecule has 0 amide bonds. The molecule has 1 aliphatic rings. The van der Waals surface area contributed by atoms with Crippen molar-refractivity contribution in [2.24, 2.45) is 11.7 Å². The Morgan fingerprint density at radius 2 is 1.92 bits per heavy atom. The van der Waals surface area contributed by atoms with Gasteiger partial charge in [0.2, 0.25) is 0 Å². The summed E-state index contributed by atoms with van der Waals surface area (Å²) >= 11 is 0. The van der Waals surface area contributed by atoms with Gasteiger partial charge in [-0.3, -0.25) is 0 Å². The average Bonchev–Trinajstić information content (AvgIpc) is 2.11. The van der Waals surface area contributed by atoms with Crippen molar-refractivity contribution >= 4 is 0 Å². The largest absolute Gasteiger partial charge is 0.373 e. The lowest BCUT2D eigenvalue weighted by molar-refractivity contribution is -0.0697. The summed E-state index contributed by atoms with van der Waals surface area (Å²) < 4.78 is 5.96. The highest BCUT2D eigenvalue weighted by Crippen LogP contribution is 2.29. The van der Waals surface area contributed by atoms with Crippen LogP contribution in [0.5, 0.6) is 0 Å². The Labute approximate surface area is 81.8 Å². The van der Waals surface area contributed by atoms with Crippen molar-refractivity contribution in [3.63, 3.8) is 0 Å². The van der Waals surface area contributed by atoms with Crippen LogP contribution in [0.25, 0.3) is 0 Å². The summed E-state index contributed by atoms with van der Waals surface area (Å²) in [6.07, 6.45) is 6.17. The molecular weight excluding hydrogens is 162 g/mol. The van der Waals surface area contributed by atoms with Gasteiger partial charge in [-0.1, -0.05) is 20.3 Å². The molecular formula is C11H23NO. The quantitative estimate of drug-likeness (QED) is 0.689. The minimum absolute atomic E-state index is 0.0322. The lowest BCUT2D eigenvalue weighted by Crippen LogP contribution is -2.41. The monoisotopic (exact) mass is 185 g/mol. The van der Waals surface area contributed by atoms with Gasteiger partial charge in [0.1, 0.15) is 0 Å². The Morgan fingerprint density at radius 3 is 2.23 bits per heavy atom. The van der Waals surface area contributed by atoms with E-state index in [2.05, 4.69) is 13.8 Å². The molecule has 2 nitrogen and oxygen atoms in total. The minimum Gasteiger partial charge on any atom is -0.373 e. The maximum Gasteiger partial charge on any atom is 0.0799 e. The van der Waals surface area contributed by atoms with Crippen LogP contribution in [0.3, 0.4) is 0 Å². The van der Waals surface area contributed by atoms with Gasteiger partial charge in [0, 0.05) is 6.54 Å². The van der Waals surface area contributed by atoms with Crippen molar-refractivity contribution in [3.8, 4) is 0 Å². The zero-order valence-corrected chi connectivity index (χ0v) is 9.01. The molecule has 13 heavy (non-hydrogen) atoms. The average molecular weight is 185 g/mol. The lowest BCUT2D eigenvalue weighted by Gasteiger charge is -2.34. The fourth-order valence-corrected chi connectivity index (χ4v) is 1.76. The molecule has 0 bridgehead atoms. The summed E-state index contributed by atoms with van der Waals surface area (Å²) in [5, 5.41) is 0. The zero-order chi connectivity index (χ0) is 9.73. The molecule has 1 aliphatic carbocycles. The van der Waals surface area contributed by atoms with Crippen molar-refractivity contribution < 1.29 is 4.74 Å². The van der Waals surface area contributed by atoms with Crippen molar-refractivity contribution in [3.05, 3.63) is 0 Å². The molecule has 0 aromatic heterocycles. The molecule has 2 N–H and O–H groups in total.